The first-order valence-electron chi connectivity index (χ1n) is 6.54. The number of Topliss-reactive ketones (excluding diaryl/α,β-unsaturated/α-hetero) is 1. The van der Waals surface area contributed by atoms with Crippen molar-refractivity contribution in [3.05, 3.63) is 34.9 Å². The average Bonchev–Trinajstić information content (AvgIpc) is 3.01. The summed E-state index contributed by atoms with van der Waals surface area (Å²) in [7, 11) is 5.68. The molecule has 0 aliphatic heterocycles. The minimum absolute atomic E-state index is 0.260. The molecule has 2 heterocycles. The molecule has 8 heteroatoms. The molecule has 0 bridgehead atoms. The lowest BCUT2D eigenvalue weighted by atomic mass is 10.1. The van der Waals surface area contributed by atoms with Crippen molar-refractivity contribution in [2.24, 2.45) is 12.8 Å². The maximum absolute atomic E-state index is 12.6. The molecule has 0 radical (unpaired) electrons. The van der Waals surface area contributed by atoms with E-state index < -0.39 is 6.04 Å². The minimum atomic E-state index is -0.800. The van der Waals surface area contributed by atoms with Crippen molar-refractivity contribution in [3.63, 3.8) is 0 Å². The second-order valence-corrected chi connectivity index (χ2v) is 5.56. The highest BCUT2D eigenvalue weighted by Gasteiger charge is 2.25. The molecule has 0 aromatic carbocycles. The fraction of sp³-hybridized carbons (Fsp3) is 0.462. The predicted molar refractivity (Wildman–Crippen MR) is 80.3 cm³/mol. The van der Waals surface area contributed by atoms with Gasteiger partial charge in [0, 0.05) is 25.4 Å². The fourth-order valence-electron chi connectivity index (χ4n) is 1.97. The second-order valence-electron chi connectivity index (χ2n) is 5.16. The first kappa shape index (κ1) is 15.7. The van der Waals surface area contributed by atoms with E-state index in [9.17, 15) is 4.79 Å². The summed E-state index contributed by atoms with van der Waals surface area (Å²) in [5, 5.41) is 8.50. The van der Waals surface area contributed by atoms with Crippen LogP contribution in [0.1, 0.15) is 22.1 Å². The highest BCUT2D eigenvalue weighted by atomic mass is 35.5. The standard InChI is InChI=1S/C13H19ClN6O/c1-18(2)4-5-20-12(10(14)7-17-20)13(21)11(15)9-6-16-19(3)8-9/h6-8,11H,4-5,15H2,1-3H3. The lowest BCUT2D eigenvalue weighted by Crippen LogP contribution is -2.26. The maximum Gasteiger partial charge on any atom is 0.203 e. The number of carbonyl (C=O) groups is 1. The molecule has 0 aliphatic rings. The van der Waals surface area contributed by atoms with Crippen molar-refractivity contribution < 1.29 is 4.79 Å². The zero-order valence-corrected chi connectivity index (χ0v) is 13.1. The van der Waals surface area contributed by atoms with Crippen LogP contribution < -0.4 is 5.73 Å². The molecule has 21 heavy (non-hydrogen) atoms. The van der Waals surface area contributed by atoms with E-state index >= 15 is 0 Å². The topological polar surface area (TPSA) is 82.0 Å². The van der Waals surface area contributed by atoms with Crippen molar-refractivity contribution in [2.45, 2.75) is 12.6 Å². The van der Waals surface area contributed by atoms with Crippen LogP contribution in [0.5, 0.6) is 0 Å². The monoisotopic (exact) mass is 310 g/mol. The van der Waals surface area contributed by atoms with Crippen LogP contribution in [0.4, 0.5) is 0 Å². The molecular weight excluding hydrogens is 292 g/mol. The third-order valence-corrected chi connectivity index (χ3v) is 3.43. The van der Waals surface area contributed by atoms with E-state index in [1.807, 2.05) is 19.0 Å². The Labute approximate surface area is 128 Å². The van der Waals surface area contributed by atoms with Gasteiger partial charge >= 0.3 is 0 Å². The summed E-state index contributed by atoms with van der Waals surface area (Å²) in [6.45, 7) is 1.32. The van der Waals surface area contributed by atoms with E-state index in [1.54, 1.807) is 28.8 Å². The van der Waals surface area contributed by atoms with Crippen LogP contribution in [0.15, 0.2) is 18.6 Å². The van der Waals surface area contributed by atoms with Crippen LogP contribution in [0.3, 0.4) is 0 Å². The number of aryl methyl sites for hydroxylation is 1. The largest absolute Gasteiger partial charge is 0.317 e. The summed E-state index contributed by atoms with van der Waals surface area (Å²) in [5.74, 6) is -0.260. The van der Waals surface area contributed by atoms with Gasteiger partial charge in [-0.15, -0.1) is 0 Å². The van der Waals surface area contributed by atoms with E-state index in [1.165, 1.54) is 6.20 Å². The number of hydrogen-bond acceptors (Lipinski definition) is 5. The van der Waals surface area contributed by atoms with Crippen LogP contribution >= 0.6 is 11.6 Å². The minimum Gasteiger partial charge on any atom is -0.317 e. The summed E-state index contributed by atoms with van der Waals surface area (Å²) >= 11 is 6.10. The summed E-state index contributed by atoms with van der Waals surface area (Å²) in [4.78, 5) is 14.6. The summed E-state index contributed by atoms with van der Waals surface area (Å²) in [6.07, 6.45) is 4.77. The molecular formula is C13H19ClN6O. The molecule has 2 rings (SSSR count). The molecule has 0 saturated carbocycles. The molecule has 2 aromatic rings. The first-order chi connectivity index (χ1) is 9.90. The lowest BCUT2D eigenvalue weighted by Gasteiger charge is -2.13. The predicted octanol–water partition coefficient (Wildman–Crippen LogP) is 0.714. The van der Waals surface area contributed by atoms with Gasteiger partial charge in [0.1, 0.15) is 5.69 Å². The molecule has 114 valence electrons. The van der Waals surface area contributed by atoms with Crippen molar-refractivity contribution in [1.29, 1.82) is 0 Å². The number of rotatable bonds is 6. The lowest BCUT2D eigenvalue weighted by molar-refractivity contribution is 0.0950. The van der Waals surface area contributed by atoms with Gasteiger partial charge in [-0.2, -0.15) is 10.2 Å². The third-order valence-electron chi connectivity index (χ3n) is 3.15. The van der Waals surface area contributed by atoms with Gasteiger partial charge in [-0.1, -0.05) is 11.6 Å². The molecule has 1 atom stereocenters. The molecule has 0 spiro atoms. The maximum atomic E-state index is 12.6. The zero-order valence-electron chi connectivity index (χ0n) is 12.3. The van der Waals surface area contributed by atoms with E-state index in [4.69, 9.17) is 17.3 Å². The van der Waals surface area contributed by atoms with E-state index in [0.29, 0.717) is 22.8 Å². The number of hydrogen-bond donors (Lipinski definition) is 1. The number of aromatic nitrogens is 4. The van der Waals surface area contributed by atoms with Crippen molar-refractivity contribution in [2.75, 3.05) is 20.6 Å². The van der Waals surface area contributed by atoms with Crippen molar-refractivity contribution >= 4 is 17.4 Å². The Hall–Kier alpha value is -1.70. The highest BCUT2D eigenvalue weighted by Crippen LogP contribution is 2.22. The normalized spacial score (nSPS) is 12.9. The van der Waals surface area contributed by atoms with Crippen LogP contribution in [-0.2, 0) is 13.6 Å². The van der Waals surface area contributed by atoms with Gasteiger partial charge in [-0.25, -0.2) is 0 Å². The Morgan fingerprint density at radius 2 is 2.14 bits per heavy atom. The van der Waals surface area contributed by atoms with Gasteiger partial charge in [0.05, 0.1) is 30.0 Å². The van der Waals surface area contributed by atoms with Gasteiger partial charge in [-0.3, -0.25) is 14.2 Å². The quantitative estimate of drug-likeness (QED) is 0.795. The van der Waals surface area contributed by atoms with Gasteiger partial charge in [0.15, 0.2) is 0 Å². The van der Waals surface area contributed by atoms with E-state index in [0.717, 1.165) is 6.54 Å². The van der Waals surface area contributed by atoms with Crippen LogP contribution in [0.2, 0.25) is 5.02 Å². The summed E-state index contributed by atoms with van der Waals surface area (Å²) in [5.41, 5.74) is 7.02. The Kier molecular flexibility index (Phi) is 4.76. The van der Waals surface area contributed by atoms with E-state index in [2.05, 4.69) is 10.2 Å². The zero-order chi connectivity index (χ0) is 15.6. The van der Waals surface area contributed by atoms with Gasteiger partial charge in [0.2, 0.25) is 5.78 Å². The van der Waals surface area contributed by atoms with Crippen molar-refractivity contribution in [1.82, 2.24) is 24.5 Å². The number of likely N-dealkylation sites (N-methyl/N-ethyl adjacent to an activating group) is 1. The van der Waals surface area contributed by atoms with Crippen LogP contribution in [-0.4, -0.2) is 50.9 Å². The smallest absolute Gasteiger partial charge is 0.203 e. The highest BCUT2D eigenvalue weighted by molar-refractivity contribution is 6.33. The number of nitrogens with zero attached hydrogens (tertiary/aromatic N) is 5. The summed E-state index contributed by atoms with van der Waals surface area (Å²) in [6, 6.07) is -0.800. The molecule has 0 fully saturated rings. The summed E-state index contributed by atoms with van der Waals surface area (Å²) < 4.78 is 3.20. The molecule has 0 aliphatic carbocycles. The van der Waals surface area contributed by atoms with Gasteiger partial charge in [0.25, 0.3) is 0 Å². The molecule has 0 saturated heterocycles. The number of nitrogens with two attached hydrogens (primary N) is 1. The number of ketones is 1. The molecule has 2 aromatic heterocycles. The van der Waals surface area contributed by atoms with E-state index in [-0.39, 0.29) is 5.78 Å². The Bertz CT molecular complexity index is 632. The average molecular weight is 311 g/mol. The van der Waals surface area contributed by atoms with Crippen LogP contribution in [0.25, 0.3) is 0 Å². The number of carbonyl (C=O) groups excluding carboxylic acids is 1. The first-order valence-corrected chi connectivity index (χ1v) is 6.92. The van der Waals surface area contributed by atoms with Crippen molar-refractivity contribution in [3.8, 4) is 0 Å². The van der Waals surface area contributed by atoms with Gasteiger partial charge in [-0.05, 0) is 14.1 Å². The SMILES string of the molecule is CN(C)CCn1ncc(Cl)c1C(=O)C(N)c1cnn(C)c1. The Morgan fingerprint density at radius 3 is 2.71 bits per heavy atom. The molecule has 0 amide bonds. The molecule has 1 unspecified atom stereocenters. The van der Waals surface area contributed by atoms with Gasteiger partial charge < -0.3 is 10.6 Å². The number of halogens is 1. The molecule has 2 N–H and O–H groups in total. The Balaban J connectivity index is 2.24. The molecule has 7 nitrogen and oxygen atoms in total. The Morgan fingerprint density at radius 1 is 1.43 bits per heavy atom. The fourth-order valence-corrected chi connectivity index (χ4v) is 2.21. The second kappa shape index (κ2) is 6.38. The van der Waals surface area contributed by atoms with Crippen LogP contribution in [0, 0.1) is 0 Å². The third kappa shape index (κ3) is 3.49.